The van der Waals surface area contributed by atoms with Crippen molar-refractivity contribution in [2.75, 3.05) is 52.6 Å². The minimum atomic E-state index is 0.222. The molecule has 0 unspecified atom stereocenters. The van der Waals surface area contributed by atoms with Gasteiger partial charge in [0.2, 0.25) is 5.91 Å². The monoisotopic (exact) mass is 371 g/mol. The molecule has 2 saturated heterocycles. The highest BCUT2D eigenvalue weighted by Gasteiger charge is 2.27. The van der Waals surface area contributed by atoms with Crippen molar-refractivity contribution >= 4 is 16.8 Å². The molecule has 2 aromatic rings. The van der Waals surface area contributed by atoms with Crippen LogP contribution in [0.25, 0.3) is 10.9 Å². The quantitative estimate of drug-likeness (QED) is 0.844. The van der Waals surface area contributed by atoms with E-state index in [9.17, 15) is 4.79 Å². The maximum Gasteiger partial charge on any atom is 0.227 e. The van der Waals surface area contributed by atoms with Gasteiger partial charge in [-0.3, -0.25) is 9.69 Å². The van der Waals surface area contributed by atoms with Crippen molar-refractivity contribution in [2.45, 2.75) is 25.3 Å². The molecule has 1 N–H and O–H groups in total. The molecule has 2 aliphatic rings. The second-order valence-corrected chi connectivity index (χ2v) is 7.42. The minimum absolute atomic E-state index is 0.222. The Kier molecular flexibility index (Phi) is 6.07. The van der Waals surface area contributed by atoms with Crippen molar-refractivity contribution in [3.63, 3.8) is 0 Å². The van der Waals surface area contributed by atoms with E-state index < -0.39 is 0 Å². The average Bonchev–Trinajstić information content (AvgIpc) is 3.13. The predicted octanol–water partition coefficient (Wildman–Crippen LogP) is 2.05. The summed E-state index contributed by atoms with van der Waals surface area (Å²) >= 11 is 0. The first kappa shape index (κ1) is 18.5. The molecule has 0 atom stereocenters. The summed E-state index contributed by atoms with van der Waals surface area (Å²) < 4.78 is 11.0. The SMILES string of the molecule is O=C(Cc1c[nH]c2ccccc12)N(CCN1CCOCC1)C1CCOCC1. The highest BCUT2D eigenvalue weighted by molar-refractivity contribution is 5.89. The number of fused-ring (bicyclic) bond motifs is 1. The van der Waals surface area contributed by atoms with Crippen LogP contribution >= 0.6 is 0 Å². The fraction of sp³-hybridized carbons (Fsp3) is 0.571. The van der Waals surface area contributed by atoms with Gasteiger partial charge in [0.15, 0.2) is 0 Å². The lowest BCUT2D eigenvalue weighted by Crippen LogP contribution is -2.49. The fourth-order valence-electron chi connectivity index (χ4n) is 4.12. The number of carbonyl (C=O) groups is 1. The highest BCUT2D eigenvalue weighted by Crippen LogP contribution is 2.21. The van der Waals surface area contributed by atoms with E-state index in [4.69, 9.17) is 9.47 Å². The van der Waals surface area contributed by atoms with Crippen LogP contribution in [0.5, 0.6) is 0 Å². The first-order valence-corrected chi connectivity index (χ1v) is 10.0. The van der Waals surface area contributed by atoms with Gasteiger partial charge < -0.3 is 19.4 Å². The van der Waals surface area contributed by atoms with Crippen LogP contribution in [0.15, 0.2) is 30.5 Å². The number of hydrogen-bond donors (Lipinski definition) is 1. The third-order valence-electron chi connectivity index (χ3n) is 5.73. The van der Waals surface area contributed by atoms with Crippen LogP contribution in [0, 0.1) is 0 Å². The molecule has 4 rings (SSSR count). The first-order chi connectivity index (χ1) is 13.3. The van der Waals surface area contributed by atoms with E-state index in [2.05, 4.69) is 26.9 Å². The summed E-state index contributed by atoms with van der Waals surface area (Å²) in [7, 11) is 0. The topological polar surface area (TPSA) is 57.8 Å². The van der Waals surface area contributed by atoms with Gasteiger partial charge >= 0.3 is 0 Å². The van der Waals surface area contributed by atoms with Gasteiger partial charge in [-0.05, 0) is 24.5 Å². The van der Waals surface area contributed by atoms with Crippen molar-refractivity contribution in [3.8, 4) is 0 Å². The molecular weight excluding hydrogens is 342 g/mol. The Morgan fingerprint density at radius 3 is 2.67 bits per heavy atom. The third-order valence-corrected chi connectivity index (χ3v) is 5.73. The van der Waals surface area contributed by atoms with Crippen molar-refractivity contribution in [2.24, 2.45) is 0 Å². The third kappa shape index (κ3) is 4.51. The van der Waals surface area contributed by atoms with Crippen LogP contribution < -0.4 is 0 Å². The van der Waals surface area contributed by atoms with Crippen molar-refractivity contribution in [3.05, 3.63) is 36.0 Å². The van der Waals surface area contributed by atoms with E-state index in [1.807, 2.05) is 18.3 Å². The largest absolute Gasteiger partial charge is 0.381 e. The lowest BCUT2D eigenvalue weighted by molar-refractivity contribution is -0.135. The molecule has 146 valence electrons. The number of nitrogens with one attached hydrogen (secondary N) is 1. The van der Waals surface area contributed by atoms with Crippen LogP contribution in [0.2, 0.25) is 0 Å². The summed E-state index contributed by atoms with van der Waals surface area (Å²) in [5.41, 5.74) is 2.17. The predicted molar refractivity (Wildman–Crippen MR) is 105 cm³/mol. The first-order valence-electron chi connectivity index (χ1n) is 10.0. The van der Waals surface area contributed by atoms with E-state index >= 15 is 0 Å². The molecule has 2 aliphatic heterocycles. The lowest BCUT2D eigenvalue weighted by atomic mass is 10.0. The number of aromatic nitrogens is 1. The number of aromatic amines is 1. The Morgan fingerprint density at radius 2 is 1.85 bits per heavy atom. The Bertz CT molecular complexity index is 748. The van der Waals surface area contributed by atoms with Crippen LogP contribution in [0.4, 0.5) is 0 Å². The number of rotatable bonds is 6. The van der Waals surface area contributed by atoms with Gasteiger partial charge in [-0.25, -0.2) is 0 Å². The molecular formula is C21H29N3O3. The number of carbonyl (C=O) groups excluding carboxylic acids is 1. The molecule has 2 fully saturated rings. The zero-order valence-electron chi connectivity index (χ0n) is 15.9. The number of hydrogen-bond acceptors (Lipinski definition) is 4. The Labute approximate surface area is 160 Å². The van der Waals surface area contributed by atoms with E-state index in [1.54, 1.807) is 0 Å². The fourth-order valence-corrected chi connectivity index (χ4v) is 4.12. The molecule has 6 heteroatoms. The molecule has 1 aromatic heterocycles. The Balaban J connectivity index is 1.45. The molecule has 3 heterocycles. The molecule has 0 aliphatic carbocycles. The van der Waals surface area contributed by atoms with Gasteiger partial charge in [0.05, 0.1) is 19.6 Å². The summed E-state index contributed by atoms with van der Waals surface area (Å²) in [5, 5.41) is 1.14. The van der Waals surface area contributed by atoms with Gasteiger partial charge in [-0.15, -0.1) is 0 Å². The maximum atomic E-state index is 13.3. The summed E-state index contributed by atoms with van der Waals surface area (Å²) in [6.07, 6.45) is 4.29. The summed E-state index contributed by atoms with van der Waals surface area (Å²) in [5.74, 6) is 0.222. The smallest absolute Gasteiger partial charge is 0.227 e. The number of morpholine rings is 1. The second-order valence-electron chi connectivity index (χ2n) is 7.42. The van der Waals surface area contributed by atoms with Crippen molar-refractivity contribution < 1.29 is 14.3 Å². The van der Waals surface area contributed by atoms with E-state index in [1.165, 1.54) is 0 Å². The normalized spacial score (nSPS) is 19.4. The zero-order chi connectivity index (χ0) is 18.5. The summed E-state index contributed by atoms with van der Waals surface area (Å²) in [6, 6.07) is 8.47. The number of H-pyrrole nitrogens is 1. The van der Waals surface area contributed by atoms with Crippen molar-refractivity contribution in [1.82, 2.24) is 14.8 Å². The molecule has 0 bridgehead atoms. The molecule has 1 aromatic carbocycles. The highest BCUT2D eigenvalue weighted by atomic mass is 16.5. The van der Waals surface area contributed by atoms with Gasteiger partial charge in [0, 0.05) is 62.5 Å². The molecule has 0 radical (unpaired) electrons. The number of nitrogens with zero attached hydrogens (tertiary/aromatic N) is 2. The summed E-state index contributed by atoms with van der Waals surface area (Å²) in [6.45, 7) is 6.70. The van der Waals surface area contributed by atoms with E-state index in [0.717, 1.165) is 81.9 Å². The van der Waals surface area contributed by atoms with E-state index in [0.29, 0.717) is 6.42 Å². The average molecular weight is 371 g/mol. The van der Waals surface area contributed by atoms with Gasteiger partial charge in [-0.1, -0.05) is 18.2 Å². The zero-order valence-corrected chi connectivity index (χ0v) is 15.9. The molecule has 0 spiro atoms. The number of ether oxygens (including phenoxy) is 2. The molecule has 1 amide bonds. The number of benzene rings is 1. The molecule has 0 saturated carbocycles. The Hall–Kier alpha value is -1.89. The summed E-state index contributed by atoms with van der Waals surface area (Å²) in [4.78, 5) is 21.0. The van der Waals surface area contributed by atoms with Crippen LogP contribution in [0.1, 0.15) is 18.4 Å². The lowest BCUT2D eigenvalue weighted by Gasteiger charge is -2.36. The maximum absolute atomic E-state index is 13.3. The van der Waals surface area contributed by atoms with Crippen molar-refractivity contribution in [1.29, 1.82) is 0 Å². The number of amides is 1. The van der Waals surface area contributed by atoms with Crippen LogP contribution in [0.3, 0.4) is 0 Å². The standard InChI is InChI=1S/C21H29N3O3/c25-21(15-17-16-22-20-4-2-1-3-19(17)20)24(18-5-11-26-12-6-18)8-7-23-9-13-27-14-10-23/h1-4,16,18,22H,5-15H2. The Morgan fingerprint density at radius 1 is 1.11 bits per heavy atom. The van der Waals surface area contributed by atoms with Crippen LogP contribution in [-0.4, -0.2) is 79.3 Å². The molecule has 27 heavy (non-hydrogen) atoms. The van der Waals surface area contributed by atoms with Gasteiger partial charge in [-0.2, -0.15) is 0 Å². The second kappa shape index (κ2) is 8.87. The van der Waals surface area contributed by atoms with E-state index in [-0.39, 0.29) is 11.9 Å². The minimum Gasteiger partial charge on any atom is -0.381 e. The number of para-hydroxylation sites is 1. The molecule has 6 nitrogen and oxygen atoms in total. The van der Waals surface area contributed by atoms with Crippen LogP contribution in [-0.2, 0) is 20.7 Å². The van der Waals surface area contributed by atoms with Gasteiger partial charge in [0.25, 0.3) is 0 Å². The van der Waals surface area contributed by atoms with Gasteiger partial charge in [0.1, 0.15) is 0 Å².